The predicted octanol–water partition coefficient (Wildman–Crippen LogP) is 5.08. The quantitative estimate of drug-likeness (QED) is 0.765. The van der Waals surface area contributed by atoms with E-state index in [1.54, 1.807) is 18.2 Å². The molecule has 2 amide bonds. The Balaban J connectivity index is 1.66. The SMILES string of the molecule is CCN1c2cc(C(=O)Nc3ccc(C)cc3Cl)ccc2C(=O)N2CCCCCC21. The summed E-state index contributed by atoms with van der Waals surface area (Å²) >= 11 is 6.26. The van der Waals surface area contributed by atoms with E-state index in [1.165, 1.54) is 0 Å². The Hall–Kier alpha value is -2.53. The van der Waals surface area contributed by atoms with Gasteiger partial charge in [0, 0.05) is 18.7 Å². The number of carbonyl (C=O) groups is 2. The van der Waals surface area contributed by atoms with E-state index in [-0.39, 0.29) is 18.0 Å². The second-order valence-electron chi connectivity index (χ2n) is 7.78. The van der Waals surface area contributed by atoms with E-state index in [2.05, 4.69) is 17.1 Å². The summed E-state index contributed by atoms with van der Waals surface area (Å²) in [6.07, 6.45) is 4.36. The van der Waals surface area contributed by atoms with E-state index in [1.807, 2.05) is 30.0 Å². The van der Waals surface area contributed by atoms with Gasteiger partial charge in [0.25, 0.3) is 11.8 Å². The van der Waals surface area contributed by atoms with Gasteiger partial charge in [0.1, 0.15) is 6.17 Å². The highest BCUT2D eigenvalue weighted by molar-refractivity contribution is 6.34. The van der Waals surface area contributed by atoms with Crippen LogP contribution in [0.4, 0.5) is 11.4 Å². The molecule has 29 heavy (non-hydrogen) atoms. The van der Waals surface area contributed by atoms with Crippen LogP contribution in [-0.2, 0) is 0 Å². The third kappa shape index (κ3) is 3.71. The number of fused-ring (bicyclic) bond motifs is 2. The average Bonchev–Trinajstić information content (AvgIpc) is 2.96. The van der Waals surface area contributed by atoms with Gasteiger partial charge in [0.2, 0.25) is 0 Å². The van der Waals surface area contributed by atoms with E-state index < -0.39 is 0 Å². The van der Waals surface area contributed by atoms with E-state index in [0.717, 1.165) is 50.0 Å². The third-order valence-corrected chi connectivity index (χ3v) is 6.17. The number of anilines is 2. The van der Waals surface area contributed by atoms with Crippen molar-refractivity contribution in [3.05, 3.63) is 58.1 Å². The van der Waals surface area contributed by atoms with Crippen LogP contribution in [0.15, 0.2) is 36.4 Å². The number of carbonyl (C=O) groups excluding carboxylic acids is 2. The van der Waals surface area contributed by atoms with Gasteiger partial charge >= 0.3 is 0 Å². The van der Waals surface area contributed by atoms with Gasteiger partial charge in [-0.25, -0.2) is 0 Å². The number of hydrogen-bond acceptors (Lipinski definition) is 3. The molecule has 1 N–H and O–H groups in total. The predicted molar refractivity (Wildman–Crippen MR) is 117 cm³/mol. The Morgan fingerprint density at radius 3 is 2.76 bits per heavy atom. The molecule has 1 fully saturated rings. The number of nitrogens with zero attached hydrogens (tertiary/aromatic N) is 2. The summed E-state index contributed by atoms with van der Waals surface area (Å²) < 4.78 is 0. The minimum Gasteiger partial charge on any atom is -0.351 e. The van der Waals surface area contributed by atoms with Gasteiger partial charge in [-0.1, -0.05) is 24.1 Å². The fourth-order valence-corrected chi connectivity index (χ4v) is 4.64. The van der Waals surface area contributed by atoms with Crippen molar-refractivity contribution in [2.24, 2.45) is 0 Å². The summed E-state index contributed by atoms with van der Waals surface area (Å²) in [6.45, 7) is 5.64. The molecule has 0 aliphatic carbocycles. The second-order valence-corrected chi connectivity index (χ2v) is 8.19. The summed E-state index contributed by atoms with van der Waals surface area (Å²) in [7, 11) is 0. The topological polar surface area (TPSA) is 52.7 Å². The lowest BCUT2D eigenvalue weighted by Crippen LogP contribution is -2.55. The zero-order chi connectivity index (χ0) is 20.5. The van der Waals surface area contributed by atoms with Gasteiger partial charge in [-0.05, 0) is 69.0 Å². The van der Waals surface area contributed by atoms with Crippen molar-refractivity contribution in [2.45, 2.75) is 45.7 Å². The number of halogens is 1. The first-order valence-electron chi connectivity index (χ1n) is 10.3. The highest BCUT2D eigenvalue weighted by Gasteiger charge is 2.37. The van der Waals surface area contributed by atoms with Crippen LogP contribution in [0.2, 0.25) is 5.02 Å². The molecule has 2 aliphatic rings. The van der Waals surface area contributed by atoms with Crippen molar-refractivity contribution in [3.8, 4) is 0 Å². The lowest BCUT2D eigenvalue weighted by atomic mass is 10.0. The van der Waals surface area contributed by atoms with Crippen LogP contribution < -0.4 is 10.2 Å². The normalized spacial score (nSPS) is 18.7. The Bertz CT molecular complexity index is 959. The Morgan fingerprint density at radius 1 is 1.17 bits per heavy atom. The molecule has 1 atom stereocenters. The van der Waals surface area contributed by atoms with Gasteiger partial charge in [-0.15, -0.1) is 0 Å². The monoisotopic (exact) mass is 411 g/mol. The number of rotatable bonds is 3. The molecule has 2 aromatic carbocycles. The molecule has 2 heterocycles. The minimum absolute atomic E-state index is 0.0742. The van der Waals surface area contributed by atoms with Crippen LogP contribution in [0, 0.1) is 6.92 Å². The van der Waals surface area contributed by atoms with Gasteiger partial charge in [0.15, 0.2) is 0 Å². The van der Waals surface area contributed by atoms with Gasteiger partial charge in [-0.2, -0.15) is 0 Å². The smallest absolute Gasteiger partial charge is 0.257 e. The van der Waals surface area contributed by atoms with Gasteiger partial charge in [0.05, 0.1) is 22.0 Å². The molecule has 2 aliphatic heterocycles. The van der Waals surface area contributed by atoms with Gasteiger partial charge in [-0.3, -0.25) is 9.59 Å². The molecule has 0 saturated carbocycles. The maximum atomic E-state index is 13.1. The maximum absolute atomic E-state index is 13.1. The zero-order valence-corrected chi connectivity index (χ0v) is 17.6. The van der Waals surface area contributed by atoms with Crippen molar-refractivity contribution in [1.29, 1.82) is 0 Å². The first-order chi connectivity index (χ1) is 14.0. The summed E-state index contributed by atoms with van der Waals surface area (Å²) in [5.74, 6) is -0.157. The largest absolute Gasteiger partial charge is 0.351 e. The van der Waals surface area contributed by atoms with Crippen LogP contribution >= 0.6 is 11.6 Å². The van der Waals surface area contributed by atoms with Crippen LogP contribution in [0.5, 0.6) is 0 Å². The Morgan fingerprint density at radius 2 is 2.00 bits per heavy atom. The lowest BCUT2D eigenvalue weighted by Gasteiger charge is -2.44. The first-order valence-corrected chi connectivity index (χ1v) is 10.7. The van der Waals surface area contributed by atoms with E-state index in [9.17, 15) is 9.59 Å². The molecular formula is C23H26ClN3O2. The summed E-state index contributed by atoms with van der Waals surface area (Å²) in [6, 6.07) is 10.9. The number of nitrogens with one attached hydrogen (secondary N) is 1. The molecule has 5 nitrogen and oxygen atoms in total. The summed E-state index contributed by atoms with van der Waals surface area (Å²) in [5, 5.41) is 3.40. The number of aryl methyl sites for hydroxylation is 1. The molecule has 0 radical (unpaired) electrons. The van der Waals surface area contributed by atoms with Crippen molar-refractivity contribution in [2.75, 3.05) is 23.3 Å². The van der Waals surface area contributed by atoms with Crippen LogP contribution in [0.3, 0.4) is 0 Å². The highest BCUT2D eigenvalue weighted by Crippen LogP contribution is 2.35. The maximum Gasteiger partial charge on any atom is 0.257 e. The molecule has 0 spiro atoms. The van der Waals surface area contributed by atoms with E-state index in [0.29, 0.717) is 21.8 Å². The molecule has 2 aromatic rings. The molecule has 4 rings (SSSR count). The lowest BCUT2D eigenvalue weighted by molar-refractivity contribution is 0.0656. The molecule has 152 valence electrons. The van der Waals surface area contributed by atoms with Crippen molar-refractivity contribution in [1.82, 2.24) is 4.90 Å². The summed E-state index contributed by atoms with van der Waals surface area (Å²) in [5.41, 5.74) is 3.66. The zero-order valence-electron chi connectivity index (χ0n) is 16.9. The third-order valence-electron chi connectivity index (χ3n) is 5.85. The molecule has 1 saturated heterocycles. The number of amides is 2. The fourth-order valence-electron chi connectivity index (χ4n) is 4.36. The van der Waals surface area contributed by atoms with Crippen molar-refractivity contribution < 1.29 is 9.59 Å². The molecule has 6 heteroatoms. The van der Waals surface area contributed by atoms with Crippen LogP contribution in [-0.4, -0.2) is 36.0 Å². The Kier molecular flexibility index (Phi) is 5.50. The van der Waals surface area contributed by atoms with E-state index >= 15 is 0 Å². The van der Waals surface area contributed by atoms with Gasteiger partial charge < -0.3 is 15.1 Å². The average molecular weight is 412 g/mol. The Labute approximate surface area is 176 Å². The molecule has 0 bridgehead atoms. The molecule has 0 aromatic heterocycles. The molecular weight excluding hydrogens is 386 g/mol. The first kappa shape index (κ1) is 19.8. The van der Waals surface area contributed by atoms with Crippen LogP contribution in [0.1, 0.15) is 58.9 Å². The number of hydrogen-bond donors (Lipinski definition) is 1. The highest BCUT2D eigenvalue weighted by atomic mass is 35.5. The van der Waals surface area contributed by atoms with E-state index in [4.69, 9.17) is 11.6 Å². The minimum atomic E-state index is -0.231. The van der Waals surface area contributed by atoms with Crippen molar-refractivity contribution in [3.63, 3.8) is 0 Å². The summed E-state index contributed by atoms with van der Waals surface area (Å²) in [4.78, 5) is 30.2. The van der Waals surface area contributed by atoms with Crippen LogP contribution in [0.25, 0.3) is 0 Å². The standard InChI is InChI=1S/C23H26ClN3O2/c1-3-26-20-14-16(22(28)25-19-11-8-15(2)13-18(19)24)9-10-17(20)23(29)27-12-6-4-5-7-21(26)27/h8-11,13-14,21H,3-7,12H2,1-2H3,(H,25,28). The van der Waals surface area contributed by atoms with Crippen molar-refractivity contribution >= 4 is 34.8 Å². The number of benzene rings is 2. The fraction of sp³-hybridized carbons (Fsp3) is 0.391. The second kappa shape index (κ2) is 8.07. The molecule has 1 unspecified atom stereocenters.